The summed E-state index contributed by atoms with van der Waals surface area (Å²) >= 11 is 0. The third kappa shape index (κ3) is 1.73. The van der Waals surface area contributed by atoms with E-state index in [0.717, 1.165) is 0 Å². The van der Waals surface area contributed by atoms with Crippen molar-refractivity contribution >= 4 is 33.0 Å². The van der Waals surface area contributed by atoms with Crippen LogP contribution >= 0.6 is 0 Å². The molecule has 0 unspecified atom stereocenters. The van der Waals surface area contributed by atoms with Crippen molar-refractivity contribution in [1.82, 2.24) is 25.3 Å². The Hall–Kier alpha value is -2.43. The van der Waals surface area contributed by atoms with Gasteiger partial charge in [0.1, 0.15) is 0 Å². The summed E-state index contributed by atoms with van der Waals surface area (Å²) in [7, 11) is -3.21. The maximum atomic E-state index is 12.0. The molecule has 11 heteroatoms. The van der Waals surface area contributed by atoms with Crippen molar-refractivity contribution in [3.05, 3.63) is 16.7 Å². The fourth-order valence-electron chi connectivity index (χ4n) is 2.80. The van der Waals surface area contributed by atoms with E-state index in [1.54, 1.807) is 0 Å². The van der Waals surface area contributed by atoms with Crippen molar-refractivity contribution in [3.8, 4) is 0 Å². The van der Waals surface area contributed by atoms with Crippen LogP contribution in [-0.2, 0) is 9.84 Å². The summed E-state index contributed by atoms with van der Waals surface area (Å²) in [4.78, 5) is 38.2. The smallest absolute Gasteiger partial charge is 0.324 e. The van der Waals surface area contributed by atoms with E-state index in [1.165, 1.54) is 11.2 Å². The van der Waals surface area contributed by atoms with Crippen LogP contribution in [0.25, 0.3) is 11.2 Å². The van der Waals surface area contributed by atoms with Gasteiger partial charge in [-0.15, -0.1) is 0 Å². The van der Waals surface area contributed by atoms with Gasteiger partial charge in [-0.2, -0.15) is 4.98 Å². The van der Waals surface area contributed by atoms with Gasteiger partial charge in [0.15, 0.2) is 21.0 Å². The van der Waals surface area contributed by atoms with Gasteiger partial charge in [0, 0.05) is 0 Å². The molecule has 0 spiro atoms. The van der Waals surface area contributed by atoms with Crippen LogP contribution in [0.2, 0.25) is 0 Å². The number of sulfone groups is 1. The van der Waals surface area contributed by atoms with Gasteiger partial charge < -0.3 is 10.3 Å². The average Bonchev–Trinajstić information content (AvgIpc) is 3.01. The summed E-state index contributed by atoms with van der Waals surface area (Å²) in [6.07, 6.45) is 1.32. The molecule has 0 aromatic carbocycles. The Morgan fingerprint density at radius 1 is 1.29 bits per heavy atom. The number of anilines is 1. The van der Waals surface area contributed by atoms with E-state index in [4.69, 9.17) is 0 Å². The molecule has 2 aromatic heterocycles. The van der Waals surface area contributed by atoms with Gasteiger partial charge in [0.05, 0.1) is 29.9 Å². The van der Waals surface area contributed by atoms with Crippen molar-refractivity contribution in [2.75, 3.05) is 16.4 Å². The highest BCUT2D eigenvalue weighted by atomic mass is 32.2. The molecule has 2 aliphatic heterocycles. The molecule has 3 N–H and O–H groups in total. The second kappa shape index (κ2) is 3.81. The van der Waals surface area contributed by atoms with Crippen molar-refractivity contribution in [1.29, 1.82) is 0 Å². The molecule has 2 amide bonds. The minimum Gasteiger partial charge on any atom is -0.339 e. The molecule has 0 saturated carbocycles. The molecule has 2 fully saturated rings. The topological polar surface area (TPSA) is 141 Å². The molecular formula is C10H10N6O4S. The Morgan fingerprint density at radius 3 is 2.90 bits per heavy atom. The van der Waals surface area contributed by atoms with Crippen LogP contribution in [-0.4, -0.2) is 58.0 Å². The van der Waals surface area contributed by atoms with Gasteiger partial charge in [-0.25, -0.2) is 18.2 Å². The molecule has 2 aromatic rings. The van der Waals surface area contributed by atoms with Gasteiger partial charge in [0.25, 0.3) is 5.56 Å². The quantitative estimate of drug-likeness (QED) is 0.538. The number of imidazole rings is 1. The number of hydrogen-bond donors (Lipinski definition) is 3. The number of hydrogen-bond acceptors (Lipinski definition) is 6. The van der Waals surface area contributed by atoms with Crippen molar-refractivity contribution < 1.29 is 13.2 Å². The van der Waals surface area contributed by atoms with Crippen LogP contribution < -0.4 is 15.8 Å². The molecule has 2 saturated heterocycles. The number of H-pyrrole nitrogens is 2. The van der Waals surface area contributed by atoms with Crippen LogP contribution in [0.5, 0.6) is 0 Å². The number of nitrogens with one attached hydrogen (secondary N) is 3. The average molecular weight is 310 g/mol. The van der Waals surface area contributed by atoms with E-state index in [9.17, 15) is 18.0 Å². The monoisotopic (exact) mass is 310 g/mol. The van der Waals surface area contributed by atoms with E-state index in [2.05, 4.69) is 25.3 Å². The Bertz CT molecular complexity index is 915. The van der Waals surface area contributed by atoms with Crippen LogP contribution in [0.15, 0.2) is 11.1 Å². The largest absolute Gasteiger partial charge is 0.339 e. The van der Waals surface area contributed by atoms with Crippen LogP contribution in [0.3, 0.4) is 0 Å². The highest BCUT2D eigenvalue weighted by Gasteiger charge is 2.50. The summed E-state index contributed by atoms with van der Waals surface area (Å²) in [6.45, 7) is 0. The first-order chi connectivity index (χ1) is 9.94. The molecule has 21 heavy (non-hydrogen) atoms. The van der Waals surface area contributed by atoms with Gasteiger partial charge in [-0.3, -0.25) is 14.7 Å². The number of aromatic amines is 2. The Labute approximate surface area is 117 Å². The highest BCUT2D eigenvalue weighted by molar-refractivity contribution is 7.91. The zero-order valence-electron chi connectivity index (χ0n) is 10.5. The maximum absolute atomic E-state index is 12.0. The molecule has 2 atom stereocenters. The molecule has 0 radical (unpaired) electrons. The van der Waals surface area contributed by atoms with Crippen LogP contribution in [0.1, 0.15) is 0 Å². The van der Waals surface area contributed by atoms with Gasteiger partial charge in [-0.1, -0.05) is 0 Å². The van der Waals surface area contributed by atoms with Crippen molar-refractivity contribution in [2.45, 2.75) is 12.1 Å². The summed E-state index contributed by atoms with van der Waals surface area (Å²) < 4.78 is 23.4. The number of amides is 2. The number of urea groups is 1. The lowest BCUT2D eigenvalue weighted by Gasteiger charge is -2.19. The number of carbonyl (C=O) groups is 1. The van der Waals surface area contributed by atoms with Crippen LogP contribution in [0.4, 0.5) is 10.7 Å². The Kier molecular flexibility index (Phi) is 2.24. The van der Waals surface area contributed by atoms with Crippen molar-refractivity contribution in [2.24, 2.45) is 0 Å². The van der Waals surface area contributed by atoms with E-state index >= 15 is 0 Å². The second-order valence-corrected chi connectivity index (χ2v) is 7.21. The Morgan fingerprint density at radius 2 is 2.10 bits per heavy atom. The highest BCUT2D eigenvalue weighted by Crippen LogP contribution is 2.27. The van der Waals surface area contributed by atoms with Crippen molar-refractivity contribution in [3.63, 3.8) is 0 Å². The molecule has 0 bridgehead atoms. The van der Waals surface area contributed by atoms with E-state index < -0.39 is 33.5 Å². The number of aromatic nitrogens is 4. The summed E-state index contributed by atoms with van der Waals surface area (Å²) in [5.74, 6) is -0.255. The van der Waals surface area contributed by atoms with E-state index in [1.807, 2.05) is 0 Å². The zero-order valence-corrected chi connectivity index (χ0v) is 11.3. The molecule has 2 aliphatic rings. The minimum atomic E-state index is -3.21. The van der Waals surface area contributed by atoms with E-state index in [0.29, 0.717) is 0 Å². The fourth-order valence-corrected chi connectivity index (χ4v) is 4.69. The molecule has 110 valence electrons. The second-order valence-electron chi connectivity index (χ2n) is 5.06. The minimum absolute atomic E-state index is 0.00157. The standard InChI is InChI=1S/C10H10N6O4S/c17-8-6-7(12-3-11-6)14-9(15-8)16-5-2-21(19,20)1-4(5)13-10(16)18/h3-5H,1-2H2,(H,13,18)(H2,11,12,14,15,17)/t4-,5-/m0/s1. The van der Waals surface area contributed by atoms with Gasteiger partial charge in [0.2, 0.25) is 5.95 Å². The predicted octanol–water partition coefficient (Wildman–Crippen LogP) is -1.66. The molecule has 4 rings (SSSR count). The number of nitrogens with zero attached hydrogens (tertiary/aromatic N) is 3. The Balaban J connectivity index is 1.84. The normalized spacial score (nSPS) is 27.0. The third-order valence-electron chi connectivity index (χ3n) is 3.69. The van der Waals surface area contributed by atoms with E-state index in [-0.39, 0.29) is 28.6 Å². The number of fused-ring (bicyclic) bond motifs is 2. The molecule has 4 heterocycles. The number of rotatable bonds is 1. The van der Waals surface area contributed by atoms with Crippen LogP contribution in [0, 0.1) is 0 Å². The number of carbonyl (C=O) groups excluding carboxylic acids is 1. The lowest BCUT2D eigenvalue weighted by atomic mass is 10.2. The maximum Gasteiger partial charge on any atom is 0.324 e. The summed E-state index contributed by atoms with van der Waals surface area (Å²) in [5.41, 5.74) is -0.0931. The predicted molar refractivity (Wildman–Crippen MR) is 71.7 cm³/mol. The fraction of sp³-hybridized carbons (Fsp3) is 0.400. The summed E-state index contributed by atoms with van der Waals surface area (Å²) in [5, 5.41) is 2.60. The first-order valence-corrected chi connectivity index (χ1v) is 8.00. The van der Waals surface area contributed by atoms with Gasteiger partial charge >= 0.3 is 6.03 Å². The lowest BCUT2D eigenvalue weighted by molar-refractivity contribution is 0.250. The molecule has 0 aliphatic carbocycles. The molecular weight excluding hydrogens is 300 g/mol. The first kappa shape index (κ1) is 12.3. The lowest BCUT2D eigenvalue weighted by Crippen LogP contribution is -2.39. The molecule has 10 nitrogen and oxygen atoms in total. The zero-order chi connectivity index (χ0) is 14.8. The first-order valence-electron chi connectivity index (χ1n) is 6.18. The SMILES string of the molecule is O=C1N[C@H]2CS(=O)(=O)C[C@@H]2N1c1nc2nc[nH]c2c(=O)[nH]1. The van der Waals surface area contributed by atoms with Gasteiger partial charge in [-0.05, 0) is 0 Å². The third-order valence-corrected chi connectivity index (χ3v) is 5.41. The summed E-state index contributed by atoms with van der Waals surface area (Å²) in [6, 6.07) is -1.53.